The van der Waals surface area contributed by atoms with E-state index in [1.54, 1.807) is 7.05 Å². The molecule has 0 bridgehead atoms. The Balaban J connectivity index is 2.58. The molecule has 0 fully saturated rings. The molecule has 0 unspecified atom stereocenters. The SMILES string of the molecule is CCn1ccc(CN(C)O)n1. The first-order valence-electron chi connectivity index (χ1n) is 3.64. The van der Waals surface area contributed by atoms with E-state index in [1.165, 1.54) is 0 Å². The van der Waals surface area contributed by atoms with Crippen LogP contribution < -0.4 is 0 Å². The van der Waals surface area contributed by atoms with Gasteiger partial charge in [0.05, 0.1) is 12.2 Å². The molecule has 0 saturated heterocycles. The molecule has 1 aromatic rings. The number of nitrogens with zero attached hydrogens (tertiary/aromatic N) is 3. The molecule has 0 aliphatic heterocycles. The zero-order chi connectivity index (χ0) is 8.27. The summed E-state index contributed by atoms with van der Waals surface area (Å²) < 4.78 is 1.83. The highest BCUT2D eigenvalue weighted by atomic mass is 16.5. The van der Waals surface area contributed by atoms with Crippen LogP contribution in [-0.4, -0.2) is 27.1 Å². The lowest BCUT2D eigenvalue weighted by atomic mass is 10.4. The van der Waals surface area contributed by atoms with E-state index in [1.807, 2.05) is 23.9 Å². The Bertz CT molecular complexity index is 219. The summed E-state index contributed by atoms with van der Waals surface area (Å²) in [5.41, 5.74) is 0.886. The highest BCUT2D eigenvalue weighted by Gasteiger charge is 1.98. The van der Waals surface area contributed by atoms with Crippen molar-refractivity contribution in [1.29, 1.82) is 0 Å². The van der Waals surface area contributed by atoms with Crippen LogP contribution >= 0.6 is 0 Å². The minimum atomic E-state index is 0.479. The molecule has 1 aromatic heterocycles. The first-order chi connectivity index (χ1) is 5.22. The van der Waals surface area contributed by atoms with E-state index in [0.29, 0.717) is 6.54 Å². The van der Waals surface area contributed by atoms with Gasteiger partial charge >= 0.3 is 0 Å². The first kappa shape index (κ1) is 8.23. The van der Waals surface area contributed by atoms with Crippen molar-refractivity contribution in [2.24, 2.45) is 0 Å². The van der Waals surface area contributed by atoms with Crippen LogP contribution in [0.2, 0.25) is 0 Å². The minimum Gasteiger partial charge on any atom is -0.314 e. The molecule has 1 N–H and O–H groups in total. The quantitative estimate of drug-likeness (QED) is 0.654. The van der Waals surface area contributed by atoms with Crippen molar-refractivity contribution in [2.45, 2.75) is 20.0 Å². The summed E-state index contributed by atoms with van der Waals surface area (Å²) in [6.45, 7) is 3.38. The van der Waals surface area contributed by atoms with Crippen molar-refractivity contribution in [1.82, 2.24) is 14.8 Å². The average Bonchev–Trinajstić information content (AvgIpc) is 2.34. The molecule has 11 heavy (non-hydrogen) atoms. The summed E-state index contributed by atoms with van der Waals surface area (Å²) in [4.78, 5) is 0. The highest BCUT2D eigenvalue weighted by molar-refractivity contribution is 4.97. The van der Waals surface area contributed by atoms with Crippen molar-refractivity contribution in [3.05, 3.63) is 18.0 Å². The highest BCUT2D eigenvalue weighted by Crippen LogP contribution is 1.97. The van der Waals surface area contributed by atoms with Crippen LogP contribution in [0.3, 0.4) is 0 Å². The molecule has 0 amide bonds. The van der Waals surface area contributed by atoms with Crippen LogP contribution in [-0.2, 0) is 13.1 Å². The first-order valence-corrected chi connectivity index (χ1v) is 3.64. The van der Waals surface area contributed by atoms with E-state index in [4.69, 9.17) is 5.21 Å². The van der Waals surface area contributed by atoms with E-state index in [-0.39, 0.29) is 0 Å². The molecule has 0 radical (unpaired) electrons. The third kappa shape index (κ3) is 2.32. The van der Waals surface area contributed by atoms with Crippen LogP contribution in [0.5, 0.6) is 0 Å². The second kappa shape index (κ2) is 3.50. The Morgan fingerprint density at radius 2 is 2.45 bits per heavy atom. The van der Waals surface area contributed by atoms with Crippen molar-refractivity contribution >= 4 is 0 Å². The molecule has 0 aliphatic rings. The van der Waals surface area contributed by atoms with Gasteiger partial charge in [0, 0.05) is 19.8 Å². The molecule has 0 saturated carbocycles. The number of hydrogen-bond acceptors (Lipinski definition) is 3. The molecule has 0 atom stereocenters. The number of hydroxylamine groups is 2. The number of hydrogen-bond donors (Lipinski definition) is 1. The van der Waals surface area contributed by atoms with Gasteiger partial charge in [-0.2, -0.15) is 10.2 Å². The topological polar surface area (TPSA) is 41.3 Å². The van der Waals surface area contributed by atoms with E-state index >= 15 is 0 Å². The molecule has 0 aliphatic carbocycles. The molecule has 0 spiro atoms. The van der Waals surface area contributed by atoms with Crippen molar-refractivity contribution in [2.75, 3.05) is 7.05 Å². The Hall–Kier alpha value is -0.870. The van der Waals surface area contributed by atoms with Gasteiger partial charge in [0.2, 0.25) is 0 Å². The molecule has 0 aromatic carbocycles. The Kier molecular flexibility index (Phi) is 2.62. The van der Waals surface area contributed by atoms with Crippen LogP contribution in [0.25, 0.3) is 0 Å². The third-order valence-electron chi connectivity index (χ3n) is 1.41. The summed E-state index contributed by atoms with van der Waals surface area (Å²) >= 11 is 0. The van der Waals surface area contributed by atoms with E-state index < -0.39 is 0 Å². The van der Waals surface area contributed by atoms with E-state index in [9.17, 15) is 0 Å². The van der Waals surface area contributed by atoms with Crippen molar-refractivity contribution < 1.29 is 5.21 Å². The molecule has 4 heteroatoms. The lowest BCUT2D eigenvalue weighted by Gasteiger charge is -2.03. The maximum Gasteiger partial charge on any atom is 0.0788 e. The lowest BCUT2D eigenvalue weighted by molar-refractivity contribution is -0.0741. The average molecular weight is 155 g/mol. The molecule has 1 rings (SSSR count). The van der Waals surface area contributed by atoms with Gasteiger partial charge in [-0.15, -0.1) is 0 Å². The van der Waals surface area contributed by atoms with Gasteiger partial charge in [-0.3, -0.25) is 4.68 Å². The standard InChI is InChI=1S/C7H13N3O/c1-3-10-5-4-7(8-10)6-9(2)11/h4-5,11H,3,6H2,1-2H3. The summed E-state index contributed by atoms with van der Waals surface area (Å²) in [6.07, 6.45) is 1.90. The van der Waals surface area contributed by atoms with Gasteiger partial charge in [-0.25, -0.2) is 0 Å². The second-order valence-corrected chi connectivity index (χ2v) is 2.48. The monoisotopic (exact) mass is 155 g/mol. The summed E-state index contributed by atoms with van der Waals surface area (Å²) in [7, 11) is 1.60. The fraction of sp³-hybridized carbons (Fsp3) is 0.571. The minimum absolute atomic E-state index is 0.479. The van der Waals surface area contributed by atoms with Gasteiger partial charge in [0.25, 0.3) is 0 Å². The molecule has 4 nitrogen and oxygen atoms in total. The predicted octanol–water partition coefficient (Wildman–Crippen LogP) is 0.724. The zero-order valence-corrected chi connectivity index (χ0v) is 6.86. The fourth-order valence-electron chi connectivity index (χ4n) is 0.899. The lowest BCUT2D eigenvalue weighted by Crippen LogP contribution is -2.12. The Labute approximate surface area is 66.0 Å². The van der Waals surface area contributed by atoms with Crippen LogP contribution in [0.4, 0.5) is 0 Å². The normalized spacial score (nSPS) is 10.9. The Morgan fingerprint density at radius 1 is 1.73 bits per heavy atom. The summed E-state index contributed by atoms with van der Waals surface area (Å²) in [6, 6.07) is 1.90. The second-order valence-electron chi connectivity index (χ2n) is 2.48. The van der Waals surface area contributed by atoms with Crippen molar-refractivity contribution in [3.63, 3.8) is 0 Å². The van der Waals surface area contributed by atoms with Gasteiger partial charge in [0.1, 0.15) is 0 Å². The van der Waals surface area contributed by atoms with E-state index in [0.717, 1.165) is 17.3 Å². The predicted molar refractivity (Wildman–Crippen MR) is 41.2 cm³/mol. The number of aryl methyl sites for hydroxylation is 1. The van der Waals surface area contributed by atoms with Gasteiger partial charge in [-0.05, 0) is 13.0 Å². The van der Waals surface area contributed by atoms with Crippen LogP contribution in [0, 0.1) is 0 Å². The molecule has 62 valence electrons. The summed E-state index contributed by atoms with van der Waals surface area (Å²) in [5, 5.41) is 14.2. The van der Waals surface area contributed by atoms with Gasteiger partial charge in [-0.1, -0.05) is 0 Å². The third-order valence-corrected chi connectivity index (χ3v) is 1.41. The number of rotatable bonds is 3. The maximum absolute atomic E-state index is 8.87. The maximum atomic E-state index is 8.87. The van der Waals surface area contributed by atoms with Gasteiger partial charge < -0.3 is 5.21 Å². The molecular formula is C7H13N3O. The zero-order valence-electron chi connectivity index (χ0n) is 6.86. The van der Waals surface area contributed by atoms with Gasteiger partial charge in [0.15, 0.2) is 0 Å². The van der Waals surface area contributed by atoms with E-state index in [2.05, 4.69) is 5.10 Å². The largest absolute Gasteiger partial charge is 0.314 e. The Morgan fingerprint density at radius 3 is 2.91 bits per heavy atom. The van der Waals surface area contributed by atoms with Crippen LogP contribution in [0.15, 0.2) is 12.3 Å². The van der Waals surface area contributed by atoms with Crippen molar-refractivity contribution in [3.8, 4) is 0 Å². The smallest absolute Gasteiger partial charge is 0.0788 e. The summed E-state index contributed by atoms with van der Waals surface area (Å²) in [5.74, 6) is 0. The molecular weight excluding hydrogens is 142 g/mol. The fourth-order valence-corrected chi connectivity index (χ4v) is 0.899. The number of aromatic nitrogens is 2. The van der Waals surface area contributed by atoms with Crippen LogP contribution in [0.1, 0.15) is 12.6 Å². The molecule has 1 heterocycles.